The zero-order valence-electron chi connectivity index (χ0n) is 29.6. The molecular formula is C47H41N2S+. The molecular weight excluding hydrogens is 625 g/mol. The molecule has 0 spiro atoms. The Kier molecular flexibility index (Phi) is 7.19. The van der Waals surface area contributed by atoms with Gasteiger partial charge in [-0.15, -0.1) is 11.3 Å². The minimum Gasteiger partial charge on any atom is -0.225 e. The highest BCUT2D eigenvalue weighted by atomic mass is 32.1. The van der Waals surface area contributed by atoms with E-state index in [9.17, 15) is 0 Å². The predicted octanol–water partition coefficient (Wildman–Crippen LogP) is 13.0. The predicted molar refractivity (Wildman–Crippen MR) is 216 cm³/mol. The van der Waals surface area contributed by atoms with Crippen molar-refractivity contribution >= 4 is 64.1 Å². The van der Waals surface area contributed by atoms with Crippen LogP contribution in [0.1, 0.15) is 56.2 Å². The molecule has 2 heterocycles. The second kappa shape index (κ2) is 11.7. The van der Waals surface area contributed by atoms with Crippen LogP contribution < -0.4 is 4.57 Å². The average molecular weight is 666 g/mol. The van der Waals surface area contributed by atoms with E-state index in [0.29, 0.717) is 11.8 Å². The Bertz CT molecular complexity index is 2750. The Morgan fingerprint density at radius 2 is 1.26 bits per heavy atom. The molecule has 3 heteroatoms. The normalized spacial score (nSPS) is 12.2. The molecule has 0 atom stereocenters. The Balaban J connectivity index is 1.42. The minimum atomic E-state index is 0.325. The van der Waals surface area contributed by atoms with E-state index in [4.69, 9.17) is 0 Å². The molecule has 0 unspecified atom stereocenters. The molecule has 0 bridgehead atoms. The van der Waals surface area contributed by atoms with Gasteiger partial charge in [0.25, 0.3) is 5.82 Å². The van der Waals surface area contributed by atoms with Crippen molar-refractivity contribution in [3.05, 3.63) is 144 Å². The van der Waals surface area contributed by atoms with Crippen molar-refractivity contribution in [1.82, 2.24) is 4.57 Å². The van der Waals surface area contributed by atoms with Crippen LogP contribution in [0.3, 0.4) is 0 Å². The number of rotatable bonds is 5. The lowest BCUT2D eigenvalue weighted by Gasteiger charge is -2.21. The molecule has 0 saturated carbocycles. The van der Waals surface area contributed by atoms with Gasteiger partial charge in [-0.2, -0.15) is 4.57 Å². The van der Waals surface area contributed by atoms with Gasteiger partial charge in [0, 0.05) is 36.7 Å². The first-order valence-electron chi connectivity index (χ1n) is 17.8. The summed E-state index contributed by atoms with van der Waals surface area (Å²) in [6, 6.07) is 47.5. The van der Waals surface area contributed by atoms with Crippen LogP contribution in [-0.4, -0.2) is 4.57 Å². The molecule has 244 valence electrons. The smallest absolute Gasteiger partial charge is 0.225 e. The van der Waals surface area contributed by atoms with Gasteiger partial charge in [0.05, 0.1) is 12.6 Å². The number of hydrogen-bond donors (Lipinski definition) is 0. The lowest BCUT2D eigenvalue weighted by molar-refractivity contribution is -0.633. The third-order valence-electron chi connectivity index (χ3n) is 10.7. The quantitative estimate of drug-likeness (QED) is 0.128. The zero-order chi connectivity index (χ0) is 34.3. The van der Waals surface area contributed by atoms with E-state index in [1.54, 1.807) is 0 Å². The maximum Gasteiger partial charge on any atom is 0.295 e. The van der Waals surface area contributed by atoms with E-state index in [-0.39, 0.29) is 0 Å². The third-order valence-corrected chi connectivity index (χ3v) is 11.9. The van der Waals surface area contributed by atoms with Crippen LogP contribution in [0, 0.1) is 6.92 Å². The van der Waals surface area contributed by atoms with E-state index >= 15 is 0 Å². The van der Waals surface area contributed by atoms with E-state index in [1.165, 1.54) is 97.6 Å². The molecule has 7 aromatic carbocycles. The average Bonchev–Trinajstić information content (AvgIpc) is 3.66. The number of benzene rings is 7. The van der Waals surface area contributed by atoms with E-state index in [2.05, 4.69) is 178 Å². The fourth-order valence-corrected chi connectivity index (χ4v) is 9.48. The number of aromatic nitrogens is 2. The molecule has 0 amide bonds. The van der Waals surface area contributed by atoms with Crippen LogP contribution in [0.15, 0.2) is 127 Å². The molecule has 0 N–H and O–H groups in total. The highest BCUT2D eigenvalue weighted by Gasteiger charge is 2.33. The van der Waals surface area contributed by atoms with Gasteiger partial charge in [-0.25, -0.2) is 4.57 Å². The van der Waals surface area contributed by atoms with Crippen molar-refractivity contribution in [2.24, 2.45) is 7.05 Å². The third kappa shape index (κ3) is 4.57. The molecule has 0 fully saturated rings. The first-order chi connectivity index (χ1) is 24.3. The van der Waals surface area contributed by atoms with Crippen molar-refractivity contribution in [1.29, 1.82) is 0 Å². The summed E-state index contributed by atoms with van der Waals surface area (Å²) in [6.45, 7) is 11.7. The monoisotopic (exact) mass is 665 g/mol. The van der Waals surface area contributed by atoms with Crippen LogP contribution in [0.5, 0.6) is 0 Å². The summed E-state index contributed by atoms with van der Waals surface area (Å²) >= 11 is 1.93. The van der Waals surface area contributed by atoms with Gasteiger partial charge in [-0.1, -0.05) is 125 Å². The second-order valence-electron chi connectivity index (χ2n) is 14.4. The number of fused-ring (bicyclic) bond motifs is 8. The Labute approximate surface area is 297 Å². The number of thiophene rings is 1. The van der Waals surface area contributed by atoms with Gasteiger partial charge < -0.3 is 0 Å². The molecule has 0 radical (unpaired) electrons. The van der Waals surface area contributed by atoms with Crippen LogP contribution in [0.25, 0.3) is 81.0 Å². The van der Waals surface area contributed by atoms with Gasteiger partial charge >= 0.3 is 0 Å². The van der Waals surface area contributed by atoms with Gasteiger partial charge in [-0.05, 0) is 81.9 Å². The molecule has 2 nitrogen and oxygen atoms in total. The van der Waals surface area contributed by atoms with E-state index in [0.717, 1.165) is 0 Å². The second-order valence-corrected chi connectivity index (χ2v) is 15.5. The van der Waals surface area contributed by atoms with Crippen LogP contribution in [-0.2, 0) is 7.05 Å². The Hall–Kier alpha value is -5.25. The Morgan fingerprint density at radius 1 is 0.600 bits per heavy atom. The number of nitrogens with zero attached hydrogens (tertiary/aromatic N) is 2. The van der Waals surface area contributed by atoms with Crippen molar-refractivity contribution in [2.75, 3.05) is 0 Å². The zero-order valence-corrected chi connectivity index (χ0v) is 30.4. The summed E-state index contributed by atoms with van der Waals surface area (Å²) in [5.41, 5.74) is 11.7. The summed E-state index contributed by atoms with van der Waals surface area (Å²) < 4.78 is 7.73. The fraction of sp³-hybridized carbons (Fsp3) is 0.170. The van der Waals surface area contributed by atoms with Crippen LogP contribution >= 0.6 is 11.3 Å². The van der Waals surface area contributed by atoms with Gasteiger partial charge in [0.15, 0.2) is 11.0 Å². The van der Waals surface area contributed by atoms with Crippen molar-refractivity contribution < 1.29 is 4.57 Å². The highest BCUT2D eigenvalue weighted by Crippen LogP contribution is 2.47. The van der Waals surface area contributed by atoms with E-state index in [1.807, 2.05) is 11.3 Å². The lowest BCUT2D eigenvalue weighted by Crippen LogP contribution is -2.30. The van der Waals surface area contributed by atoms with E-state index < -0.39 is 0 Å². The van der Waals surface area contributed by atoms with Crippen molar-refractivity contribution in [3.63, 3.8) is 0 Å². The van der Waals surface area contributed by atoms with Gasteiger partial charge in [0.1, 0.15) is 5.69 Å². The Morgan fingerprint density at radius 3 is 2.02 bits per heavy atom. The molecule has 0 aliphatic carbocycles. The summed E-state index contributed by atoms with van der Waals surface area (Å²) in [5, 5.41) is 7.93. The number of imidazole rings is 1. The first-order valence-corrected chi connectivity index (χ1v) is 18.6. The van der Waals surface area contributed by atoms with Gasteiger partial charge in [0.2, 0.25) is 0 Å². The topological polar surface area (TPSA) is 8.81 Å². The molecule has 9 rings (SSSR count). The van der Waals surface area contributed by atoms with Crippen LogP contribution in [0.4, 0.5) is 0 Å². The SMILES string of the molecule is Cc1ccc2sc3c4ccc5ccccc5c4ccc3c2c1-c1n(-c2c(C(C)C)cc(-c3ccccc3)cc2C(C)C)c2ccccc2[n+]1C. The molecule has 0 aliphatic heterocycles. The molecule has 9 aromatic rings. The van der Waals surface area contributed by atoms with Gasteiger partial charge in [-0.3, -0.25) is 0 Å². The largest absolute Gasteiger partial charge is 0.295 e. The lowest BCUT2D eigenvalue weighted by atomic mass is 9.88. The summed E-state index contributed by atoms with van der Waals surface area (Å²) in [6.07, 6.45) is 0. The number of aryl methyl sites for hydroxylation is 2. The molecule has 0 saturated heterocycles. The van der Waals surface area contributed by atoms with Crippen molar-refractivity contribution in [2.45, 2.75) is 46.5 Å². The van der Waals surface area contributed by atoms with Crippen LogP contribution in [0.2, 0.25) is 0 Å². The number of hydrogen-bond acceptors (Lipinski definition) is 1. The maximum atomic E-state index is 2.61. The maximum absolute atomic E-state index is 2.61. The van der Waals surface area contributed by atoms with Crippen molar-refractivity contribution in [3.8, 4) is 28.2 Å². The molecule has 2 aromatic heterocycles. The molecule has 50 heavy (non-hydrogen) atoms. The highest BCUT2D eigenvalue weighted by molar-refractivity contribution is 7.26. The summed E-state index contributed by atoms with van der Waals surface area (Å²) in [5.74, 6) is 1.87. The first kappa shape index (κ1) is 30.8. The fourth-order valence-electron chi connectivity index (χ4n) is 8.24. The number of para-hydroxylation sites is 2. The summed E-state index contributed by atoms with van der Waals surface area (Å²) in [4.78, 5) is 0. The summed E-state index contributed by atoms with van der Waals surface area (Å²) in [7, 11) is 2.25. The standard InChI is InChI=1S/C47H41N2S/c1-28(2)38-26-33(31-14-8-7-9-15-31)27-39(29(3)4)45(38)49-41-19-13-12-18-40(41)48(6)47(49)43-30(5)20-25-42-44(43)37-24-23-35-34-17-11-10-16-32(34)21-22-36(35)46(37)50-42/h7-29H,1-6H3/q+1. The minimum absolute atomic E-state index is 0.325. The molecule has 0 aliphatic rings.